The van der Waals surface area contributed by atoms with Crippen LogP contribution in [0, 0.1) is 6.92 Å². The topological polar surface area (TPSA) is 96.9 Å². The number of H-pyrrole nitrogens is 1. The molecule has 4 rings (SSSR count). The number of nitrogens with zero attached hydrogens (tertiary/aromatic N) is 2. The number of anilines is 1. The molecule has 2 heterocycles. The summed E-state index contributed by atoms with van der Waals surface area (Å²) in [5.74, 6) is 0.404. The molecule has 0 aliphatic heterocycles. The van der Waals surface area contributed by atoms with Gasteiger partial charge in [0.2, 0.25) is 0 Å². The van der Waals surface area contributed by atoms with Crippen molar-refractivity contribution >= 4 is 27.6 Å². The van der Waals surface area contributed by atoms with Gasteiger partial charge in [0, 0.05) is 10.9 Å². The first-order chi connectivity index (χ1) is 11.1. The number of hydrogen-bond acceptors (Lipinski definition) is 4. The molecule has 0 radical (unpaired) electrons. The lowest BCUT2D eigenvalue weighted by molar-refractivity contribution is 0.470. The van der Waals surface area contributed by atoms with E-state index in [2.05, 4.69) is 10.1 Å². The highest BCUT2D eigenvalue weighted by Gasteiger charge is 2.17. The summed E-state index contributed by atoms with van der Waals surface area (Å²) in [6, 6.07) is 12.6. The summed E-state index contributed by atoms with van der Waals surface area (Å²) in [5.41, 5.74) is 8.45. The van der Waals surface area contributed by atoms with Crippen LogP contribution in [0.25, 0.3) is 27.5 Å². The predicted octanol–water partition coefficient (Wildman–Crippen LogP) is 2.46. The molecule has 0 aliphatic carbocycles. The van der Waals surface area contributed by atoms with Gasteiger partial charge in [-0.3, -0.25) is 4.79 Å². The number of aromatic nitrogens is 3. The highest BCUT2D eigenvalue weighted by Crippen LogP contribution is 2.29. The molecule has 0 aliphatic rings. The Balaban J connectivity index is 2.16. The first kappa shape index (κ1) is 13.4. The smallest absolute Gasteiger partial charge is 0.261 e. The van der Waals surface area contributed by atoms with Gasteiger partial charge in [0.15, 0.2) is 0 Å². The van der Waals surface area contributed by atoms with Crippen LogP contribution in [0.4, 0.5) is 5.82 Å². The number of rotatable bonds is 1. The average Bonchev–Trinajstić information content (AvgIpc) is 2.89. The number of nitrogens with two attached hydrogens (primary N) is 1. The Bertz CT molecular complexity index is 1120. The summed E-state index contributed by atoms with van der Waals surface area (Å²) in [6.07, 6.45) is 0. The van der Waals surface area contributed by atoms with Gasteiger partial charge in [0.1, 0.15) is 22.5 Å². The molecule has 114 valence electrons. The Morgan fingerprint density at radius 2 is 1.96 bits per heavy atom. The third-order valence-corrected chi connectivity index (χ3v) is 4.08. The van der Waals surface area contributed by atoms with E-state index in [-0.39, 0.29) is 17.1 Å². The van der Waals surface area contributed by atoms with Crippen LogP contribution in [0.3, 0.4) is 0 Å². The first-order valence-corrected chi connectivity index (χ1v) is 7.16. The summed E-state index contributed by atoms with van der Waals surface area (Å²) in [5, 5.41) is 15.6. The molecule has 6 nitrogen and oxygen atoms in total. The second kappa shape index (κ2) is 4.61. The van der Waals surface area contributed by atoms with Crippen LogP contribution in [0.2, 0.25) is 0 Å². The fourth-order valence-corrected chi connectivity index (χ4v) is 2.85. The van der Waals surface area contributed by atoms with Crippen molar-refractivity contribution in [2.75, 3.05) is 5.73 Å². The quantitative estimate of drug-likeness (QED) is 0.503. The van der Waals surface area contributed by atoms with E-state index < -0.39 is 0 Å². The zero-order chi connectivity index (χ0) is 16.1. The molecule has 2 aromatic carbocycles. The number of nitrogen functional groups attached to an aromatic ring is 1. The fourth-order valence-electron chi connectivity index (χ4n) is 2.85. The van der Waals surface area contributed by atoms with Gasteiger partial charge in [-0.1, -0.05) is 24.3 Å². The van der Waals surface area contributed by atoms with E-state index in [1.54, 1.807) is 25.1 Å². The van der Waals surface area contributed by atoms with Crippen LogP contribution in [-0.4, -0.2) is 19.9 Å². The van der Waals surface area contributed by atoms with E-state index in [0.29, 0.717) is 27.7 Å². The normalized spacial score (nSPS) is 11.3. The molecule has 0 atom stereocenters. The van der Waals surface area contributed by atoms with Crippen molar-refractivity contribution in [1.29, 1.82) is 0 Å². The van der Waals surface area contributed by atoms with Crippen molar-refractivity contribution in [3.63, 3.8) is 0 Å². The van der Waals surface area contributed by atoms with Crippen molar-refractivity contribution < 1.29 is 5.11 Å². The zero-order valence-electron chi connectivity index (χ0n) is 12.4. The Kier molecular flexibility index (Phi) is 2.68. The number of aromatic amines is 1. The lowest BCUT2D eigenvalue weighted by Crippen LogP contribution is -2.08. The largest absolute Gasteiger partial charge is 0.508 e. The highest BCUT2D eigenvalue weighted by molar-refractivity contribution is 6.06. The van der Waals surface area contributed by atoms with Crippen LogP contribution >= 0.6 is 0 Å². The summed E-state index contributed by atoms with van der Waals surface area (Å²) in [4.78, 5) is 15.2. The van der Waals surface area contributed by atoms with E-state index >= 15 is 0 Å². The van der Waals surface area contributed by atoms with Crippen LogP contribution in [-0.2, 0) is 0 Å². The number of nitrogens with one attached hydrogen (secondary N) is 1. The van der Waals surface area contributed by atoms with Crippen LogP contribution in [0.1, 0.15) is 5.56 Å². The molecule has 0 amide bonds. The monoisotopic (exact) mass is 306 g/mol. The number of fused-ring (bicyclic) bond motifs is 3. The minimum Gasteiger partial charge on any atom is -0.508 e. The number of pyridine rings is 1. The Morgan fingerprint density at radius 3 is 2.78 bits per heavy atom. The molecule has 23 heavy (non-hydrogen) atoms. The molecule has 6 heteroatoms. The second-order valence-electron chi connectivity index (χ2n) is 5.44. The molecule has 0 saturated heterocycles. The van der Waals surface area contributed by atoms with Crippen LogP contribution in [0.5, 0.6) is 5.75 Å². The van der Waals surface area contributed by atoms with E-state index in [9.17, 15) is 9.90 Å². The molecule has 0 saturated carbocycles. The third kappa shape index (κ3) is 1.81. The third-order valence-electron chi connectivity index (χ3n) is 4.08. The lowest BCUT2D eigenvalue weighted by atomic mass is 10.1. The maximum Gasteiger partial charge on any atom is 0.261 e. The van der Waals surface area contributed by atoms with Gasteiger partial charge < -0.3 is 15.8 Å². The lowest BCUT2D eigenvalue weighted by Gasteiger charge is -2.08. The van der Waals surface area contributed by atoms with Crippen molar-refractivity contribution in [1.82, 2.24) is 14.8 Å². The summed E-state index contributed by atoms with van der Waals surface area (Å²) in [7, 11) is 0. The SMILES string of the molecule is Cc1c(O)cccc1-n1nc2c(c1N)c(=O)[nH]c1ccccc12. The Hall–Kier alpha value is -3.28. The molecule has 4 aromatic rings. The van der Waals surface area contributed by atoms with Gasteiger partial charge in [0.05, 0.1) is 11.2 Å². The minimum atomic E-state index is -0.278. The predicted molar refractivity (Wildman–Crippen MR) is 90.0 cm³/mol. The van der Waals surface area contributed by atoms with Crippen LogP contribution < -0.4 is 11.3 Å². The minimum absolute atomic E-state index is 0.153. The van der Waals surface area contributed by atoms with Gasteiger partial charge in [-0.05, 0) is 25.1 Å². The van der Waals surface area contributed by atoms with Crippen molar-refractivity contribution in [3.8, 4) is 11.4 Å². The highest BCUT2D eigenvalue weighted by atomic mass is 16.3. The zero-order valence-corrected chi connectivity index (χ0v) is 12.4. The number of benzene rings is 2. The Labute approximate surface area is 130 Å². The van der Waals surface area contributed by atoms with E-state index in [1.165, 1.54) is 4.68 Å². The molecular formula is C17H14N4O2. The van der Waals surface area contributed by atoms with E-state index in [1.807, 2.05) is 24.3 Å². The molecule has 0 bridgehead atoms. The number of para-hydroxylation sites is 1. The second-order valence-corrected chi connectivity index (χ2v) is 5.44. The number of phenols is 1. The molecule has 0 unspecified atom stereocenters. The number of hydrogen-bond donors (Lipinski definition) is 3. The maximum absolute atomic E-state index is 12.4. The van der Waals surface area contributed by atoms with Gasteiger partial charge in [-0.15, -0.1) is 0 Å². The van der Waals surface area contributed by atoms with Crippen molar-refractivity contribution in [2.24, 2.45) is 0 Å². The summed E-state index contributed by atoms with van der Waals surface area (Å²) in [6.45, 7) is 1.78. The molecule has 0 spiro atoms. The molecule has 0 fully saturated rings. The Morgan fingerprint density at radius 1 is 1.17 bits per heavy atom. The fraction of sp³-hybridized carbons (Fsp3) is 0.0588. The standard InChI is InChI=1S/C17H14N4O2/c1-9-12(7-4-8-13(9)22)21-16(18)14-15(20-21)10-5-2-3-6-11(10)19-17(14)23/h2-8,22H,18H2,1H3,(H,19,23). The summed E-state index contributed by atoms with van der Waals surface area (Å²) < 4.78 is 1.50. The average molecular weight is 306 g/mol. The summed E-state index contributed by atoms with van der Waals surface area (Å²) >= 11 is 0. The molecule has 2 aromatic heterocycles. The number of phenolic OH excluding ortho intramolecular Hbond substituents is 1. The molecular weight excluding hydrogens is 292 g/mol. The van der Waals surface area contributed by atoms with Gasteiger partial charge in [-0.2, -0.15) is 5.10 Å². The maximum atomic E-state index is 12.4. The van der Waals surface area contributed by atoms with E-state index in [0.717, 1.165) is 5.39 Å². The van der Waals surface area contributed by atoms with E-state index in [4.69, 9.17) is 5.73 Å². The molecule has 4 N–H and O–H groups in total. The van der Waals surface area contributed by atoms with Crippen molar-refractivity contribution in [3.05, 3.63) is 58.4 Å². The van der Waals surface area contributed by atoms with Gasteiger partial charge in [-0.25, -0.2) is 4.68 Å². The first-order valence-electron chi connectivity index (χ1n) is 7.16. The van der Waals surface area contributed by atoms with Gasteiger partial charge >= 0.3 is 0 Å². The number of aromatic hydroxyl groups is 1. The van der Waals surface area contributed by atoms with Crippen molar-refractivity contribution in [2.45, 2.75) is 6.92 Å². The van der Waals surface area contributed by atoms with Gasteiger partial charge in [0.25, 0.3) is 5.56 Å². The van der Waals surface area contributed by atoms with Crippen LogP contribution in [0.15, 0.2) is 47.3 Å².